The molecule has 1 unspecified atom stereocenters. The minimum Gasteiger partial charge on any atom is -0.312 e. The Morgan fingerprint density at radius 3 is 2.89 bits per heavy atom. The Kier molecular flexibility index (Phi) is 4.25. The van der Waals surface area contributed by atoms with Crippen molar-refractivity contribution in [2.45, 2.75) is 38.8 Å². The molecule has 104 valence electrons. The summed E-state index contributed by atoms with van der Waals surface area (Å²) in [5.74, 6) is 0.858. The monoisotopic (exact) mass is 322 g/mol. The van der Waals surface area contributed by atoms with Gasteiger partial charge in [-0.3, -0.25) is 0 Å². The summed E-state index contributed by atoms with van der Waals surface area (Å²) in [6.07, 6.45) is 4.26. The van der Waals surface area contributed by atoms with Gasteiger partial charge in [0.25, 0.3) is 0 Å². The van der Waals surface area contributed by atoms with Gasteiger partial charge in [0.05, 0.1) is 0 Å². The number of likely N-dealkylation sites (tertiary alicyclic amines) is 1. The lowest BCUT2D eigenvalue weighted by Crippen LogP contribution is -2.27. The highest BCUT2D eigenvalue weighted by Gasteiger charge is 2.33. The molecule has 0 amide bonds. The largest absolute Gasteiger partial charge is 0.312 e. The summed E-state index contributed by atoms with van der Waals surface area (Å²) in [6.45, 7) is 6.95. The highest BCUT2D eigenvalue weighted by atomic mass is 79.9. The topological polar surface area (TPSA) is 15.3 Å². The van der Waals surface area contributed by atoms with E-state index in [1.165, 1.54) is 54.5 Å². The van der Waals surface area contributed by atoms with Crippen LogP contribution >= 0.6 is 15.9 Å². The lowest BCUT2D eigenvalue weighted by Gasteiger charge is -2.15. The summed E-state index contributed by atoms with van der Waals surface area (Å²) in [6, 6.07) is 7.56. The summed E-state index contributed by atoms with van der Waals surface area (Å²) >= 11 is 3.55. The van der Waals surface area contributed by atoms with E-state index in [0.717, 1.165) is 18.5 Å². The molecule has 3 heteroatoms. The molecular weight excluding hydrogens is 300 g/mol. The zero-order valence-corrected chi connectivity index (χ0v) is 13.2. The molecule has 1 atom stereocenters. The maximum absolute atomic E-state index is 3.63. The second kappa shape index (κ2) is 5.94. The van der Waals surface area contributed by atoms with Gasteiger partial charge < -0.3 is 10.2 Å². The molecule has 1 aromatic carbocycles. The number of hydrogen-bond acceptors (Lipinski definition) is 2. The van der Waals surface area contributed by atoms with E-state index in [4.69, 9.17) is 0 Å². The predicted molar refractivity (Wildman–Crippen MR) is 83.3 cm³/mol. The average molecular weight is 323 g/mol. The Labute approximate surface area is 124 Å². The fraction of sp³-hybridized carbons (Fsp3) is 0.625. The first-order valence-corrected chi connectivity index (χ1v) is 8.21. The first kappa shape index (κ1) is 13.6. The summed E-state index contributed by atoms with van der Waals surface area (Å²) < 4.78 is 1.20. The smallest absolute Gasteiger partial charge is 0.0205 e. The third-order valence-electron chi connectivity index (χ3n) is 4.37. The number of aryl methyl sites for hydroxylation is 1. The highest BCUT2D eigenvalue weighted by Crippen LogP contribution is 2.31. The van der Waals surface area contributed by atoms with E-state index in [1.807, 2.05) is 0 Å². The van der Waals surface area contributed by atoms with E-state index >= 15 is 0 Å². The van der Waals surface area contributed by atoms with E-state index in [2.05, 4.69) is 51.3 Å². The van der Waals surface area contributed by atoms with Crippen molar-refractivity contribution in [3.63, 3.8) is 0 Å². The highest BCUT2D eigenvalue weighted by molar-refractivity contribution is 9.10. The number of benzene rings is 1. The molecule has 1 aliphatic carbocycles. The van der Waals surface area contributed by atoms with Gasteiger partial charge in [-0.25, -0.2) is 0 Å². The molecule has 0 spiro atoms. The molecule has 1 heterocycles. The van der Waals surface area contributed by atoms with Crippen molar-refractivity contribution in [2.24, 2.45) is 5.92 Å². The molecule has 0 bridgehead atoms. The van der Waals surface area contributed by atoms with Crippen LogP contribution in [-0.2, 0) is 6.54 Å². The second-order valence-electron chi connectivity index (χ2n) is 6.10. The molecule has 3 rings (SSSR count). The van der Waals surface area contributed by atoms with Crippen LogP contribution in [0.1, 0.15) is 30.4 Å². The first-order chi connectivity index (χ1) is 9.22. The van der Waals surface area contributed by atoms with Crippen LogP contribution < -0.4 is 5.32 Å². The van der Waals surface area contributed by atoms with Crippen LogP contribution in [0.15, 0.2) is 22.7 Å². The van der Waals surface area contributed by atoms with Crippen LogP contribution in [0.25, 0.3) is 0 Å². The SMILES string of the molecule is Cc1cc(CNCC2CCN(C3CC3)C2)ccc1Br. The third kappa shape index (κ3) is 3.59. The van der Waals surface area contributed by atoms with E-state index in [1.54, 1.807) is 0 Å². The van der Waals surface area contributed by atoms with Gasteiger partial charge in [0.2, 0.25) is 0 Å². The van der Waals surface area contributed by atoms with Gasteiger partial charge in [-0.1, -0.05) is 28.1 Å². The molecule has 0 aromatic heterocycles. The molecule has 0 radical (unpaired) electrons. The molecule has 2 aliphatic rings. The van der Waals surface area contributed by atoms with Crippen LogP contribution in [0.4, 0.5) is 0 Å². The maximum Gasteiger partial charge on any atom is 0.0205 e. The van der Waals surface area contributed by atoms with Gasteiger partial charge >= 0.3 is 0 Å². The van der Waals surface area contributed by atoms with Crippen molar-refractivity contribution in [2.75, 3.05) is 19.6 Å². The molecule has 1 N–H and O–H groups in total. The third-order valence-corrected chi connectivity index (χ3v) is 5.25. The van der Waals surface area contributed by atoms with Crippen LogP contribution in [0.5, 0.6) is 0 Å². The van der Waals surface area contributed by atoms with Gasteiger partial charge in [-0.2, -0.15) is 0 Å². The van der Waals surface area contributed by atoms with Gasteiger partial charge in [0, 0.05) is 23.6 Å². The van der Waals surface area contributed by atoms with Gasteiger partial charge in [-0.15, -0.1) is 0 Å². The summed E-state index contributed by atoms with van der Waals surface area (Å²) in [7, 11) is 0. The standard InChI is InChI=1S/C16H23BrN2/c1-12-8-13(2-5-16(12)17)9-18-10-14-6-7-19(11-14)15-3-4-15/h2,5,8,14-15,18H,3-4,6-7,9-11H2,1H3. The van der Waals surface area contributed by atoms with Gasteiger partial charge in [0.1, 0.15) is 0 Å². The van der Waals surface area contributed by atoms with Crippen molar-refractivity contribution in [3.05, 3.63) is 33.8 Å². The van der Waals surface area contributed by atoms with Crippen molar-refractivity contribution in [3.8, 4) is 0 Å². The lowest BCUT2D eigenvalue weighted by atomic mass is 10.1. The van der Waals surface area contributed by atoms with Crippen LogP contribution in [-0.4, -0.2) is 30.6 Å². The Bertz CT molecular complexity index is 442. The second-order valence-corrected chi connectivity index (χ2v) is 6.95. The first-order valence-electron chi connectivity index (χ1n) is 7.42. The van der Waals surface area contributed by atoms with Crippen LogP contribution in [0.3, 0.4) is 0 Å². The molecule has 2 fully saturated rings. The molecule has 2 nitrogen and oxygen atoms in total. The normalized spacial score (nSPS) is 24.0. The minimum absolute atomic E-state index is 0.858. The Morgan fingerprint density at radius 2 is 2.16 bits per heavy atom. The Balaban J connectivity index is 1.41. The Hall–Kier alpha value is -0.380. The number of hydrogen-bond donors (Lipinski definition) is 1. The molecule has 1 aliphatic heterocycles. The lowest BCUT2D eigenvalue weighted by molar-refractivity contribution is 0.312. The van der Waals surface area contributed by atoms with E-state index in [-0.39, 0.29) is 0 Å². The number of rotatable bonds is 5. The summed E-state index contributed by atoms with van der Waals surface area (Å²) in [4.78, 5) is 2.69. The average Bonchev–Trinajstić information content (AvgIpc) is 3.14. The summed E-state index contributed by atoms with van der Waals surface area (Å²) in [5, 5.41) is 3.63. The Morgan fingerprint density at radius 1 is 1.32 bits per heavy atom. The fourth-order valence-corrected chi connectivity index (χ4v) is 3.28. The molecule has 19 heavy (non-hydrogen) atoms. The zero-order valence-electron chi connectivity index (χ0n) is 11.7. The maximum atomic E-state index is 3.63. The number of nitrogens with one attached hydrogen (secondary N) is 1. The van der Waals surface area contributed by atoms with Gasteiger partial charge in [-0.05, 0) is 62.4 Å². The van der Waals surface area contributed by atoms with Crippen molar-refractivity contribution in [1.29, 1.82) is 0 Å². The number of halogens is 1. The van der Waals surface area contributed by atoms with E-state index in [9.17, 15) is 0 Å². The quantitative estimate of drug-likeness (QED) is 0.894. The molecule has 1 saturated heterocycles. The fourth-order valence-electron chi connectivity index (χ4n) is 3.04. The molecule has 1 saturated carbocycles. The van der Waals surface area contributed by atoms with Crippen LogP contribution in [0.2, 0.25) is 0 Å². The molecule has 1 aromatic rings. The van der Waals surface area contributed by atoms with E-state index in [0.29, 0.717) is 0 Å². The predicted octanol–water partition coefficient (Wildman–Crippen LogP) is 3.33. The number of nitrogens with zero attached hydrogens (tertiary/aromatic N) is 1. The van der Waals surface area contributed by atoms with Crippen molar-refractivity contribution >= 4 is 15.9 Å². The van der Waals surface area contributed by atoms with Crippen molar-refractivity contribution < 1.29 is 0 Å². The van der Waals surface area contributed by atoms with Gasteiger partial charge in [0.15, 0.2) is 0 Å². The van der Waals surface area contributed by atoms with Crippen molar-refractivity contribution in [1.82, 2.24) is 10.2 Å². The molecular formula is C16H23BrN2. The van der Waals surface area contributed by atoms with Crippen LogP contribution in [0, 0.1) is 12.8 Å². The van der Waals surface area contributed by atoms with E-state index < -0.39 is 0 Å². The summed E-state index contributed by atoms with van der Waals surface area (Å²) in [5.41, 5.74) is 2.71. The minimum atomic E-state index is 0.858. The zero-order chi connectivity index (χ0) is 13.2.